The predicted octanol–water partition coefficient (Wildman–Crippen LogP) is 5.41. The van der Waals surface area contributed by atoms with E-state index in [1.165, 1.54) is 27.1 Å². The fraction of sp³-hybridized carbons (Fsp3) is 0.0870. The van der Waals surface area contributed by atoms with Crippen LogP contribution in [0.3, 0.4) is 0 Å². The van der Waals surface area contributed by atoms with E-state index in [9.17, 15) is 4.79 Å². The molecule has 0 unspecified atom stereocenters. The molecule has 0 amide bonds. The average Bonchev–Trinajstić information content (AvgIpc) is 2.67. The van der Waals surface area contributed by atoms with Crippen molar-refractivity contribution in [2.75, 3.05) is 7.11 Å². The molecule has 0 aliphatic carbocycles. The van der Waals surface area contributed by atoms with Gasteiger partial charge in [-0.25, -0.2) is 0 Å². The first-order chi connectivity index (χ1) is 12.3. The molecule has 25 heavy (non-hydrogen) atoms. The molecule has 2 nitrogen and oxygen atoms in total. The third-order valence-electron chi connectivity index (χ3n) is 4.65. The number of hydrogen-bond acceptors (Lipinski definition) is 2. The highest BCUT2D eigenvalue weighted by Crippen LogP contribution is 2.36. The summed E-state index contributed by atoms with van der Waals surface area (Å²) in [6.45, 7) is 0. The van der Waals surface area contributed by atoms with Gasteiger partial charge in [-0.1, -0.05) is 54.6 Å². The van der Waals surface area contributed by atoms with Gasteiger partial charge in [-0.15, -0.1) is 0 Å². The SMILES string of the molecule is COc1ccc(-c2cc3ccccc3c3ccc(CC=O)cc23)cc1. The molecule has 0 saturated carbocycles. The van der Waals surface area contributed by atoms with E-state index in [4.69, 9.17) is 4.74 Å². The van der Waals surface area contributed by atoms with Gasteiger partial charge in [0.05, 0.1) is 7.11 Å². The van der Waals surface area contributed by atoms with Gasteiger partial charge in [0.1, 0.15) is 12.0 Å². The zero-order chi connectivity index (χ0) is 17.2. The van der Waals surface area contributed by atoms with Crippen molar-refractivity contribution in [3.05, 3.63) is 78.4 Å². The number of carbonyl (C=O) groups excluding carboxylic acids is 1. The highest BCUT2D eigenvalue weighted by atomic mass is 16.5. The summed E-state index contributed by atoms with van der Waals surface area (Å²) < 4.78 is 5.27. The Labute approximate surface area is 146 Å². The van der Waals surface area contributed by atoms with E-state index in [0.29, 0.717) is 6.42 Å². The molecule has 2 heteroatoms. The van der Waals surface area contributed by atoms with Crippen molar-refractivity contribution in [2.45, 2.75) is 6.42 Å². The second-order valence-corrected chi connectivity index (χ2v) is 6.12. The van der Waals surface area contributed by atoms with E-state index in [0.717, 1.165) is 23.2 Å². The molecule has 4 aromatic carbocycles. The second-order valence-electron chi connectivity index (χ2n) is 6.12. The van der Waals surface area contributed by atoms with Crippen molar-refractivity contribution in [1.82, 2.24) is 0 Å². The molecule has 0 spiro atoms. The van der Waals surface area contributed by atoms with Gasteiger partial charge in [0.2, 0.25) is 0 Å². The Hall–Kier alpha value is -3.13. The van der Waals surface area contributed by atoms with E-state index in [1.807, 2.05) is 18.2 Å². The first kappa shape index (κ1) is 15.4. The smallest absolute Gasteiger partial charge is 0.124 e. The van der Waals surface area contributed by atoms with Crippen molar-refractivity contribution in [1.29, 1.82) is 0 Å². The van der Waals surface area contributed by atoms with Crippen LogP contribution in [0, 0.1) is 0 Å². The van der Waals surface area contributed by atoms with Crippen LogP contribution in [-0.2, 0) is 11.2 Å². The summed E-state index contributed by atoms with van der Waals surface area (Å²) in [7, 11) is 1.67. The molecule has 0 aromatic heterocycles. The molecular weight excluding hydrogens is 308 g/mol. The zero-order valence-corrected chi connectivity index (χ0v) is 14.0. The quantitative estimate of drug-likeness (QED) is 0.370. The minimum Gasteiger partial charge on any atom is -0.497 e. The van der Waals surface area contributed by atoms with Gasteiger partial charge in [-0.3, -0.25) is 0 Å². The molecule has 0 N–H and O–H groups in total. The molecule has 0 aliphatic rings. The van der Waals surface area contributed by atoms with Crippen LogP contribution in [0.2, 0.25) is 0 Å². The van der Waals surface area contributed by atoms with Crippen LogP contribution in [-0.4, -0.2) is 13.4 Å². The lowest BCUT2D eigenvalue weighted by Gasteiger charge is -2.12. The zero-order valence-electron chi connectivity index (χ0n) is 14.0. The molecule has 0 heterocycles. The van der Waals surface area contributed by atoms with Crippen molar-refractivity contribution in [3.63, 3.8) is 0 Å². The Kier molecular flexibility index (Phi) is 3.95. The minimum atomic E-state index is 0.435. The van der Waals surface area contributed by atoms with E-state index >= 15 is 0 Å². The van der Waals surface area contributed by atoms with Gasteiger partial charge in [0, 0.05) is 6.42 Å². The molecule has 0 atom stereocenters. The van der Waals surface area contributed by atoms with Crippen LogP contribution in [0.4, 0.5) is 0 Å². The van der Waals surface area contributed by atoms with Crippen molar-refractivity contribution < 1.29 is 9.53 Å². The van der Waals surface area contributed by atoms with E-state index in [-0.39, 0.29) is 0 Å². The molecule has 0 fully saturated rings. The van der Waals surface area contributed by atoms with Crippen molar-refractivity contribution in [2.24, 2.45) is 0 Å². The van der Waals surface area contributed by atoms with Gasteiger partial charge >= 0.3 is 0 Å². The van der Waals surface area contributed by atoms with Crippen molar-refractivity contribution >= 4 is 27.8 Å². The summed E-state index contributed by atoms with van der Waals surface area (Å²) in [5.74, 6) is 0.843. The van der Waals surface area contributed by atoms with Crippen LogP contribution in [0.1, 0.15) is 5.56 Å². The lowest BCUT2D eigenvalue weighted by molar-refractivity contribution is -0.107. The van der Waals surface area contributed by atoms with Crippen LogP contribution in [0.15, 0.2) is 72.8 Å². The number of ether oxygens (including phenoxy) is 1. The number of hydrogen-bond donors (Lipinski definition) is 0. The van der Waals surface area contributed by atoms with E-state index in [1.54, 1.807) is 7.11 Å². The highest BCUT2D eigenvalue weighted by Gasteiger charge is 2.09. The van der Waals surface area contributed by atoms with Gasteiger partial charge in [0.15, 0.2) is 0 Å². The molecule has 0 saturated heterocycles. The molecule has 0 aliphatic heterocycles. The standard InChI is InChI=1S/C23H18O2/c1-25-19-9-7-17(8-10-19)22-15-18-4-2-3-5-20(18)21-11-6-16(12-13-24)14-23(21)22/h2-11,13-15H,12H2,1H3. The summed E-state index contributed by atoms with van der Waals surface area (Å²) in [6.07, 6.45) is 1.39. The summed E-state index contributed by atoms with van der Waals surface area (Å²) >= 11 is 0. The van der Waals surface area contributed by atoms with Crippen LogP contribution >= 0.6 is 0 Å². The topological polar surface area (TPSA) is 26.3 Å². The fourth-order valence-corrected chi connectivity index (χ4v) is 3.38. The molecule has 4 rings (SSSR count). The monoisotopic (exact) mass is 326 g/mol. The summed E-state index contributed by atoms with van der Waals surface area (Å²) in [5, 5.41) is 4.82. The van der Waals surface area contributed by atoms with Crippen LogP contribution in [0.5, 0.6) is 5.75 Å². The molecule has 4 aromatic rings. The summed E-state index contributed by atoms with van der Waals surface area (Å²) in [4.78, 5) is 10.9. The summed E-state index contributed by atoms with van der Waals surface area (Å²) in [6, 6.07) is 25.1. The number of carbonyl (C=O) groups is 1. The number of fused-ring (bicyclic) bond motifs is 3. The largest absolute Gasteiger partial charge is 0.497 e. The van der Waals surface area contributed by atoms with Crippen molar-refractivity contribution in [3.8, 4) is 16.9 Å². The molecular formula is C23H18O2. The maximum Gasteiger partial charge on any atom is 0.124 e. The Balaban J connectivity index is 2.04. The minimum absolute atomic E-state index is 0.435. The van der Waals surface area contributed by atoms with Gasteiger partial charge in [-0.05, 0) is 56.4 Å². The Morgan fingerprint density at radius 1 is 0.840 bits per heavy atom. The predicted molar refractivity (Wildman–Crippen MR) is 103 cm³/mol. The Morgan fingerprint density at radius 2 is 1.64 bits per heavy atom. The third-order valence-corrected chi connectivity index (χ3v) is 4.65. The fourth-order valence-electron chi connectivity index (χ4n) is 3.38. The Morgan fingerprint density at radius 3 is 2.40 bits per heavy atom. The lowest BCUT2D eigenvalue weighted by Crippen LogP contribution is -1.90. The maximum atomic E-state index is 10.9. The second kappa shape index (κ2) is 6.40. The molecule has 122 valence electrons. The third kappa shape index (κ3) is 2.76. The number of benzene rings is 4. The molecule has 0 radical (unpaired) electrons. The van der Waals surface area contributed by atoms with Gasteiger partial charge in [0.25, 0.3) is 0 Å². The number of methoxy groups -OCH3 is 1. The first-order valence-electron chi connectivity index (χ1n) is 8.32. The van der Waals surface area contributed by atoms with E-state index in [2.05, 4.69) is 54.6 Å². The molecule has 0 bridgehead atoms. The van der Waals surface area contributed by atoms with Gasteiger partial charge in [-0.2, -0.15) is 0 Å². The van der Waals surface area contributed by atoms with E-state index < -0.39 is 0 Å². The normalized spacial score (nSPS) is 10.9. The van der Waals surface area contributed by atoms with Gasteiger partial charge < -0.3 is 9.53 Å². The number of rotatable bonds is 4. The average molecular weight is 326 g/mol. The first-order valence-corrected chi connectivity index (χ1v) is 8.32. The highest BCUT2D eigenvalue weighted by molar-refractivity contribution is 6.14. The van der Waals surface area contributed by atoms with Crippen LogP contribution in [0.25, 0.3) is 32.7 Å². The summed E-state index contributed by atoms with van der Waals surface area (Å²) in [5.41, 5.74) is 3.34. The lowest BCUT2D eigenvalue weighted by atomic mass is 9.92. The van der Waals surface area contributed by atoms with Crippen LogP contribution < -0.4 is 4.74 Å². The maximum absolute atomic E-state index is 10.9. The number of aldehydes is 1. The Bertz CT molecular complexity index is 1060.